The first-order valence-electron chi connectivity index (χ1n) is 9.93. The molecule has 0 spiro atoms. The zero-order valence-electron chi connectivity index (χ0n) is 16.6. The van der Waals surface area contributed by atoms with Crippen molar-refractivity contribution in [1.82, 2.24) is 4.90 Å². The smallest absolute Gasteiger partial charge is 0.227 e. The van der Waals surface area contributed by atoms with Crippen LogP contribution in [0.2, 0.25) is 15.1 Å². The van der Waals surface area contributed by atoms with Gasteiger partial charge >= 0.3 is 0 Å². The number of halogens is 3. The lowest BCUT2D eigenvalue weighted by atomic mass is 10.0. The summed E-state index contributed by atoms with van der Waals surface area (Å²) in [5.41, 5.74) is 2.81. The Hall–Kier alpha value is -2.40. The molecule has 31 heavy (non-hydrogen) atoms. The number of phenols is 1. The topological polar surface area (TPSA) is 43.8 Å². The van der Waals surface area contributed by atoms with Gasteiger partial charge in [-0.1, -0.05) is 59.1 Å². The highest BCUT2D eigenvalue weighted by Gasteiger charge is 2.31. The van der Waals surface area contributed by atoms with Gasteiger partial charge in [0.1, 0.15) is 5.75 Å². The van der Waals surface area contributed by atoms with Crippen LogP contribution in [0.4, 0.5) is 5.69 Å². The second-order valence-electron chi connectivity index (χ2n) is 7.54. The molecule has 1 aliphatic rings. The summed E-state index contributed by atoms with van der Waals surface area (Å²) in [6.07, 6.45) is 0.287. The molecule has 1 N–H and O–H groups in total. The maximum atomic E-state index is 13.0. The van der Waals surface area contributed by atoms with Gasteiger partial charge in [0.25, 0.3) is 0 Å². The van der Waals surface area contributed by atoms with Gasteiger partial charge in [0.15, 0.2) is 0 Å². The number of rotatable bonds is 4. The Morgan fingerprint density at radius 3 is 2.26 bits per heavy atom. The molecule has 4 rings (SSSR count). The number of amides is 1. The van der Waals surface area contributed by atoms with Gasteiger partial charge in [-0.05, 0) is 53.6 Å². The highest BCUT2D eigenvalue weighted by molar-refractivity contribution is 6.36. The van der Waals surface area contributed by atoms with E-state index in [1.165, 1.54) is 0 Å². The number of nitrogens with zero attached hydrogens (tertiary/aromatic N) is 2. The molecule has 7 heteroatoms. The van der Waals surface area contributed by atoms with Crippen molar-refractivity contribution in [2.45, 2.75) is 12.5 Å². The van der Waals surface area contributed by atoms with Crippen LogP contribution >= 0.6 is 34.8 Å². The average molecular weight is 476 g/mol. The molecule has 1 aliphatic heterocycles. The predicted molar refractivity (Wildman–Crippen MR) is 126 cm³/mol. The molecule has 0 aromatic heterocycles. The third-order valence-corrected chi connectivity index (χ3v) is 6.29. The SMILES string of the molecule is O=C(Cc1ccc(O)cc1)N1CCN(c2ccc(Cl)cc2Cl)C(c2ccc(Cl)cc2)C1. The molecule has 1 unspecified atom stereocenters. The second kappa shape index (κ2) is 9.39. The highest BCUT2D eigenvalue weighted by Crippen LogP contribution is 2.37. The fourth-order valence-corrected chi connectivity index (χ4v) is 4.53. The van der Waals surface area contributed by atoms with Crippen molar-refractivity contribution in [2.24, 2.45) is 0 Å². The summed E-state index contributed by atoms with van der Waals surface area (Å²) in [5.74, 6) is 0.235. The summed E-state index contributed by atoms with van der Waals surface area (Å²) in [6.45, 7) is 1.74. The standard InChI is InChI=1S/C24H21Cl3N2O2/c25-18-5-3-17(4-6-18)23-15-28(24(31)13-16-1-8-20(30)9-2-16)11-12-29(23)22-10-7-19(26)14-21(22)27/h1-10,14,23,30H,11-13,15H2. The minimum Gasteiger partial charge on any atom is -0.508 e. The Kier molecular flexibility index (Phi) is 6.61. The van der Waals surface area contributed by atoms with Gasteiger partial charge in [0, 0.05) is 29.7 Å². The molecule has 1 saturated heterocycles. The van der Waals surface area contributed by atoms with Crippen LogP contribution in [0.5, 0.6) is 5.75 Å². The van der Waals surface area contributed by atoms with Crippen LogP contribution in [0.15, 0.2) is 66.7 Å². The van der Waals surface area contributed by atoms with E-state index in [1.807, 2.05) is 41.3 Å². The molecular weight excluding hydrogens is 455 g/mol. The number of piperazine rings is 1. The van der Waals surface area contributed by atoms with Gasteiger partial charge < -0.3 is 14.9 Å². The van der Waals surface area contributed by atoms with Crippen molar-refractivity contribution in [2.75, 3.05) is 24.5 Å². The van der Waals surface area contributed by atoms with E-state index >= 15 is 0 Å². The Bertz CT molecular complexity index is 1070. The molecule has 0 radical (unpaired) electrons. The van der Waals surface area contributed by atoms with Crippen molar-refractivity contribution < 1.29 is 9.90 Å². The molecule has 3 aromatic rings. The van der Waals surface area contributed by atoms with Crippen molar-refractivity contribution >= 4 is 46.4 Å². The molecule has 4 nitrogen and oxygen atoms in total. The molecule has 0 aliphatic carbocycles. The number of hydrogen-bond donors (Lipinski definition) is 1. The van der Waals surface area contributed by atoms with Crippen molar-refractivity contribution in [3.63, 3.8) is 0 Å². The van der Waals surface area contributed by atoms with Crippen LogP contribution in [0.3, 0.4) is 0 Å². The van der Waals surface area contributed by atoms with Crippen LogP contribution in [-0.2, 0) is 11.2 Å². The third kappa shape index (κ3) is 5.09. The van der Waals surface area contributed by atoms with E-state index < -0.39 is 0 Å². The van der Waals surface area contributed by atoms with Gasteiger partial charge in [0.2, 0.25) is 5.91 Å². The molecule has 1 amide bonds. The number of aromatic hydroxyl groups is 1. The summed E-state index contributed by atoms with van der Waals surface area (Å²) in [4.78, 5) is 17.1. The molecule has 160 valence electrons. The van der Waals surface area contributed by atoms with E-state index in [9.17, 15) is 9.90 Å². The molecule has 1 heterocycles. The fraction of sp³-hybridized carbons (Fsp3) is 0.208. The largest absolute Gasteiger partial charge is 0.508 e. The second-order valence-corrected chi connectivity index (χ2v) is 8.82. The van der Waals surface area contributed by atoms with E-state index in [1.54, 1.807) is 30.3 Å². The van der Waals surface area contributed by atoms with Gasteiger partial charge in [0.05, 0.1) is 23.2 Å². The third-order valence-electron chi connectivity index (χ3n) is 5.50. The molecule has 0 bridgehead atoms. The van der Waals surface area contributed by atoms with Crippen LogP contribution in [0.1, 0.15) is 17.2 Å². The van der Waals surface area contributed by atoms with Crippen LogP contribution in [0, 0.1) is 0 Å². The number of carbonyl (C=O) groups excluding carboxylic acids is 1. The van der Waals surface area contributed by atoms with E-state index in [4.69, 9.17) is 34.8 Å². The zero-order chi connectivity index (χ0) is 22.0. The normalized spacial score (nSPS) is 16.4. The molecule has 3 aromatic carbocycles. The summed E-state index contributed by atoms with van der Waals surface area (Å²) >= 11 is 18.7. The van der Waals surface area contributed by atoms with Crippen LogP contribution in [-0.4, -0.2) is 35.5 Å². The zero-order valence-corrected chi connectivity index (χ0v) is 18.9. The van der Waals surface area contributed by atoms with E-state index in [-0.39, 0.29) is 24.1 Å². The minimum absolute atomic E-state index is 0.0477. The molecule has 1 atom stereocenters. The predicted octanol–water partition coefficient (Wildman–Crippen LogP) is 5.99. The van der Waals surface area contributed by atoms with E-state index in [0.717, 1.165) is 16.8 Å². The summed E-state index contributed by atoms with van der Waals surface area (Å²) in [7, 11) is 0. The number of hydrogen-bond acceptors (Lipinski definition) is 3. The monoisotopic (exact) mass is 474 g/mol. The quantitative estimate of drug-likeness (QED) is 0.504. The lowest BCUT2D eigenvalue weighted by Crippen LogP contribution is -2.51. The van der Waals surface area contributed by atoms with Gasteiger partial charge in [-0.15, -0.1) is 0 Å². The van der Waals surface area contributed by atoms with E-state index in [2.05, 4.69) is 4.90 Å². The Morgan fingerprint density at radius 2 is 1.58 bits per heavy atom. The van der Waals surface area contributed by atoms with Crippen molar-refractivity contribution in [3.8, 4) is 5.75 Å². The molecule has 0 saturated carbocycles. The summed E-state index contributed by atoms with van der Waals surface area (Å²) in [5, 5.41) is 11.3. The van der Waals surface area contributed by atoms with Crippen molar-refractivity contribution in [3.05, 3.63) is 92.9 Å². The maximum Gasteiger partial charge on any atom is 0.227 e. The fourth-order valence-electron chi connectivity index (χ4n) is 3.88. The lowest BCUT2D eigenvalue weighted by molar-refractivity contribution is -0.131. The average Bonchev–Trinajstić information content (AvgIpc) is 2.76. The molecular formula is C24H21Cl3N2O2. The van der Waals surface area contributed by atoms with Crippen LogP contribution in [0.25, 0.3) is 0 Å². The Labute approximate surface area is 196 Å². The van der Waals surface area contributed by atoms with Gasteiger partial charge in [-0.25, -0.2) is 0 Å². The maximum absolute atomic E-state index is 13.0. The molecule has 1 fully saturated rings. The summed E-state index contributed by atoms with van der Waals surface area (Å²) < 4.78 is 0. The highest BCUT2D eigenvalue weighted by atomic mass is 35.5. The number of benzene rings is 3. The first-order valence-corrected chi connectivity index (χ1v) is 11.1. The number of carbonyl (C=O) groups is 1. The first-order chi connectivity index (χ1) is 14.9. The number of phenolic OH excluding ortho intramolecular Hbond substituents is 1. The summed E-state index contributed by atoms with van der Waals surface area (Å²) in [6, 6.07) is 19.8. The van der Waals surface area contributed by atoms with Crippen LogP contribution < -0.4 is 4.90 Å². The van der Waals surface area contributed by atoms with Gasteiger partial charge in [-0.3, -0.25) is 4.79 Å². The number of anilines is 1. The van der Waals surface area contributed by atoms with Crippen molar-refractivity contribution in [1.29, 1.82) is 0 Å². The lowest BCUT2D eigenvalue weighted by Gasteiger charge is -2.43. The first kappa shape index (κ1) is 21.8. The van der Waals surface area contributed by atoms with E-state index in [0.29, 0.717) is 34.7 Å². The Morgan fingerprint density at radius 1 is 0.903 bits per heavy atom. The van der Waals surface area contributed by atoms with Gasteiger partial charge in [-0.2, -0.15) is 0 Å². The minimum atomic E-state index is -0.0755. The Balaban J connectivity index is 1.59.